The van der Waals surface area contributed by atoms with Gasteiger partial charge in [0.05, 0.1) is 0 Å². The average molecular weight is 194 g/mol. The largest absolute Gasteiger partial charge is 0.354 e. The molecule has 0 radical (unpaired) electrons. The zero-order chi connectivity index (χ0) is 9.97. The van der Waals surface area contributed by atoms with Crippen molar-refractivity contribution >= 4 is 5.78 Å². The molecular formula is C12H18O2. The van der Waals surface area contributed by atoms with Crippen LogP contribution >= 0.6 is 0 Å². The zero-order valence-corrected chi connectivity index (χ0v) is 9.01. The van der Waals surface area contributed by atoms with Crippen molar-refractivity contribution in [2.24, 2.45) is 11.8 Å². The molecule has 1 aliphatic heterocycles. The molecule has 3 aliphatic rings. The van der Waals surface area contributed by atoms with Crippen LogP contribution in [-0.4, -0.2) is 17.0 Å². The molecule has 14 heavy (non-hydrogen) atoms. The monoisotopic (exact) mass is 194 g/mol. The fraction of sp³-hybridized carbons (Fsp3) is 0.917. The van der Waals surface area contributed by atoms with Gasteiger partial charge in [-0.25, -0.2) is 0 Å². The summed E-state index contributed by atoms with van der Waals surface area (Å²) < 4.78 is 5.85. The van der Waals surface area contributed by atoms with Crippen LogP contribution < -0.4 is 0 Å². The molecule has 0 N–H and O–H groups in total. The molecule has 3 fully saturated rings. The highest BCUT2D eigenvalue weighted by atomic mass is 16.6. The van der Waals surface area contributed by atoms with Crippen LogP contribution in [0.2, 0.25) is 0 Å². The molecule has 0 aromatic heterocycles. The van der Waals surface area contributed by atoms with E-state index in [-0.39, 0.29) is 11.2 Å². The van der Waals surface area contributed by atoms with E-state index in [1.165, 1.54) is 12.8 Å². The van der Waals surface area contributed by atoms with Crippen LogP contribution in [0.4, 0.5) is 0 Å². The summed E-state index contributed by atoms with van der Waals surface area (Å²) in [5.74, 6) is 1.58. The van der Waals surface area contributed by atoms with E-state index >= 15 is 0 Å². The lowest BCUT2D eigenvalue weighted by Crippen LogP contribution is -2.35. The highest BCUT2D eigenvalue weighted by Gasteiger charge is 2.78. The Morgan fingerprint density at radius 2 is 2.21 bits per heavy atom. The van der Waals surface area contributed by atoms with Crippen molar-refractivity contribution in [1.82, 2.24) is 0 Å². The third kappa shape index (κ3) is 0.796. The van der Waals surface area contributed by atoms with Crippen LogP contribution in [0.25, 0.3) is 0 Å². The normalized spacial score (nSPS) is 56.3. The summed E-state index contributed by atoms with van der Waals surface area (Å²) in [6.07, 6.45) is 5.31. The van der Waals surface area contributed by atoms with E-state index in [2.05, 4.69) is 13.8 Å². The molecule has 78 valence electrons. The molecule has 2 nitrogen and oxygen atoms in total. The van der Waals surface area contributed by atoms with Gasteiger partial charge in [0, 0.05) is 12.3 Å². The molecule has 3 rings (SSSR count). The Kier molecular flexibility index (Phi) is 1.53. The summed E-state index contributed by atoms with van der Waals surface area (Å²) in [4.78, 5) is 12.1. The van der Waals surface area contributed by atoms with Crippen molar-refractivity contribution in [1.29, 1.82) is 0 Å². The van der Waals surface area contributed by atoms with Gasteiger partial charge >= 0.3 is 0 Å². The van der Waals surface area contributed by atoms with Gasteiger partial charge in [-0.2, -0.15) is 0 Å². The van der Waals surface area contributed by atoms with E-state index in [4.69, 9.17) is 4.74 Å². The number of carbonyl (C=O) groups excluding carboxylic acids is 1. The lowest BCUT2D eigenvalue weighted by Gasteiger charge is -2.22. The highest BCUT2D eigenvalue weighted by molar-refractivity contribution is 5.93. The first kappa shape index (κ1) is 8.90. The van der Waals surface area contributed by atoms with Crippen molar-refractivity contribution in [3.63, 3.8) is 0 Å². The Morgan fingerprint density at radius 3 is 2.93 bits per heavy atom. The molecule has 2 saturated carbocycles. The van der Waals surface area contributed by atoms with E-state index in [0.717, 1.165) is 19.3 Å². The van der Waals surface area contributed by atoms with E-state index < -0.39 is 0 Å². The van der Waals surface area contributed by atoms with Crippen LogP contribution in [0, 0.1) is 11.8 Å². The predicted molar refractivity (Wildman–Crippen MR) is 53.0 cm³/mol. The summed E-state index contributed by atoms with van der Waals surface area (Å²) >= 11 is 0. The summed E-state index contributed by atoms with van der Waals surface area (Å²) in [6.45, 7) is 4.42. The van der Waals surface area contributed by atoms with Gasteiger partial charge in [0.15, 0.2) is 11.4 Å². The smallest absolute Gasteiger partial charge is 0.167 e. The lowest BCUT2D eigenvalue weighted by atomic mass is 9.80. The van der Waals surface area contributed by atoms with Gasteiger partial charge < -0.3 is 4.74 Å². The fourth-order valence-corrected chi connectivity index (χ4v) is 3.88. The number of rotatable bonds is 0. The first-order chi connectivity index (χ1) is 6.60. The number of ketones is 1. The quantitative estimate of drug-likeness (QED) is 0.554. The molecular weight excluding hydrogens is 176 g/mol. The Bertz CT molecular complexity index is 299. The summed E-state index contributed by atoms with van der Waals surface area (Å²) in [7, 11) is 0. The third-order valence-corrected chi connectivity index (χ3v) is 4.75. The molecule has 1 saturated heterocycles. The number of hydrogen-bond acceptors (Lipinski definition) is 2. The van der Waals surface area contributed by atoms with Crippen molar-refractivity contribution < 1.29 is 9.53 Å². The van der Waals surface area contributed by atoms with Crippen molar-refractivity contribution in [2.75, 3.05) is 0 Å². The molecule has 0 aromatic carbocycles. The molecule has 4 atom stereocenters. The number of carbonyl (C=O) groups is 1. The maximum atomic E-state index is 12.1. The molecule has 0 bridgehead atoms. The van der Waals surface area contributed by atoms with Gasteiger partial charge in [-0.3, -0.25) is 4.79 Å². The maximum absolute atomic E-state index is 12.1. The van der Waals surface area contributed by atoms with Gasteiger partial charge in [0.25, 0.3) is 0 Å². The SMILES string of the molecule is C[C@H]1CCCC(=O)[C@@]23O[C@]2(C)CC[C@@H]13. The van der Waals surface area contributed by atoms with Gasteiger partial charge in [0.1, 0.15) is 5.60 Å². The van der Waals surface area contributed by atoms with Gasteiger partial charge in [-0.1, -0.05) is 6.92 Å². The molecule has 2 aliphatic carbocycles. The molecule has 1 spiro atoms. The Labute approximate surface area is 85.0 Å². The van der Waals surface area contributed by atoms with Crippen molar-refractivity contribution in [2.45, 2.75) is 57.2 Å². The number of ether oxygens (including phenoxy) is 1. The molecule has 1 heterocycles. The zero-order valence-electron chi connectivity index (χ0n) is 9.01. The Morgan fingerprint density at radius 1 is 1.43 bits per heavy atom. The maximum Gasteiger partial charge on any atom is 0.167 e. The van der Waals surface area contributed by atoms with E-state index in [1.807, 2.05) is 0 Å². The number of epoxide rings is 1. The van der Waals surface area contributed by atoms with Crippen LogP contribution in [0.1, 0.15) is 46.0 Å². The second kappa shape index (κ2) is 2.41. The molecule has 0 amide bonds. The van der Waals surface area contributed by atoms with Crippen LogP contribution in [0.15, 0.2) is 0 Å². The standard InChI is InChI=1S/C12H18O2/c1-8-4-3-5-10(13)12-9(8)6-7-11(12,2)14-12/h8-9H,3-7H2,1-2H3/t8-,9-,11+,12+/m0/s1. The molecule has 0 aromatic rings. The Balaban J connectivity index is 2.01. The average Bonchev–Trinajstić information content (AvgIpc) is 2.67. The minimum atomic E-state index is -0.330. The first-order valence-corrected chi connectivity index (χ1v) is 5.84. The minimum absolute atomic E-state index is 0.0760. The van der Waals surface area contributed by atoms with Crippen LogP contribution in [0.5, 0.6) is 0 Å². The molecule has 0 unspecified atom stereocenters. The summed E-state index contributed by atoms with van der Waals surface area (Å²) in [6, 6.07) is 0. The summed E-state index contributed by atoms with van der Waals surface area (Å²) in [5, 5.41) is 0. The number of hydrogen-bond donors (Lipinski definition) is 0. The van der Waals surface area contributed by atoms with Crippen LogP contribution in [-0.2, 0) is 9.53 Å². The fourth-order valence-electron chi connectivity index (χ4n) is 3.88. The van der Waals surface area contributed by atoms with Crippen LogP contribution in [0.3, 0.4) is 0 Å². The first-order valence-electron chi connectivity index (χ1n) is 5.84. The predicted octanol–water partition coefficient (Wildman–Crippen LogP) is 2.31. The third-order valence-electron chi connectivity index (χ3n) is 4.75. The van der Waals surface area contributed by atoms with Gasteiger partial charge in [-0.15, -0.1) is 0 Å². The van der Waals surface area contributed by atoms with E-state index in [1.54, 1.807) is 0 Å². The summed E-state index contributed by atoms with van der Waals surface area (Å²) in [5.41, 5.74) is -0.406. The Hall–Kier alpha value is -0.370. The second-order valence-corrected chi connectivity index (χ2v) is 5.51. The van der Waals surface area contributed by atoms with E-state index in [0.29, 0.717) is 17.6 Å². The minimum Gasteiger partial charge on any atom is -0.354 e. The van der Waals surface area contributed by atoms with Gasteiger partial charge in [0.2, 0.25) is 0 Å². The number of Topliss-reactive ketones (excluding diaryl/α,β-unsaturated/α-hetero) is 1. The molecule has 2 heteroatoms. The topological polar surface area (TPSA) is 29.6 Å². The van der Waals surface area contributed by atoms with Gasteiger partial charge in [-0.05, 0) is 38.5 Å². The van der Waals surface area contributed by atoms with E-state index in [9.17, 15) is 4.79 Å². The van der Waals surface area contributed by atoms with Crippen molar-refractivity contribution in [3.05, 3.63) is 0 Å². The van der Waals surface area contributed by atoms with Crippen molar-refractivity contribution in [3.8, 4) is 0 Å². The highest BCUT2D eigenvalue weighted by Crippen LogP contribution is 2.66. The lowest BCUT2D eigenvalue weighted by molar-refractivity contribution is -0.125. The second-order valence-electron chi connectivity index (χ2n) is 5.51.